The molecule has 1 amide bonds. The highest BCUT2D eigenvalue weighted by Crippen LogP contribution is 2.21. The summed E-state index contributed by atoms with van der Waals surface area (Å²) in [5.74, 6) is 0.499. The third kappa shape index (κ3) is 2.80. The SMILES string of the molecule is O=C(c1ccccc1Cl)N1CCN=C1c1cccc(Cl)c1. The maximum atomic E-state index is 12.7. The summed E-state index contributed by atoms with van der Waals surface area (Å²) in [5.41, 5.74) is 1.32. The minimum Gasteiger partial charge on any atom is -0.291 e. The summed E-state index contributed by atoms with van der Waals surface area (Å²) in [6.07, 6.45) is 0. The zero-order chi connectivity index (χ0) is 14.8. The number of amidine groups is 1. The van der Waals surface area contributed by atoms with Gasteiger partial charge in [-0.2, -0.15) is 0 Å². The van der Waals surface area contributed by atoms with Gasteiger partial charge in [-0.1, -0.05) is 47.5 Å². The normalized spacial score (nSPS) is 14.2. The van der Waals surface area contributed by atoms with Crippen molar-refractivity contribution in [1.82, 2.24) is 4.90 Å². The standard InChI is InChI=1S/C16H12Cl2N2O/c17-12-5-3-4-11(10-12)15-19-8-9-20(15)16(21)13-6-1-2-7-14(13)18/h1-7,10H,8-9H2. The van der Waals surface area contributed by atoms with E-state index in [1.165, 1.54) is 0 Å². The Bertz CT molecular complexity index is 728. The fourth-order valence-electron chi connectivity index (χ4n) is 2.30. The molecule has 2 aromatic rings. The molecule has 0 saturated heterocycles. The molecule has 106 valence electrons. The summed E-state index contributed by atoms with van der Waals surface area (Å²) < 4.78 is 0. The number of carbonyl (C=O) groups is 1. The lowest BCUT2D eigenvalue weighted by Crippen LogP contribution is -2.35. The van der Waals surface area contributed by atoms with Gasteiger partial charge in [0.2, 0.25) is 0 Å². The Kier molecular flexibility index (Phi) is 3.95. The second kappa shape index (κ2) is 5.88. The molecule has 0 radical (unpaired) electrons. The molecule has 0 atom stereocenters. The maximum Gasteiger partial charge on any atom is 0.261 e. The Labute approximate surface area is 132 Å². The number of hydrogen-bond acceptors (Lipinski definition) is 2. The van der Waals surface area contributed by atoms with E-state index in [4.69, 9.17) is 23.2 Å². The first-order valence-corrected chi connectivity index (χ1v) is 7.29. The van der Waals surface area contributed by atoms with E-state index in [2.05, 4.69) is 4.99 Å². The van der Waals surface area contributed by atoms with Crippen LogP contribution >= 0.6 is 23.2 Å². The van der Waals surface area contributed by atoms with Crippen molar-refractivity contribution in [2.24, 2.45) is 4.99 Å². The molecule has 1 aliphatic heterocycles. The summed E-state index contributed by atoms with van der Waals surface area (Å²) in [5, 5.41) is 1.06. The number of carbonyl (C=O) groups excluding carboxylic acids is 1. The molecule has 0 unspecified atom stereocenters. The molecule has 21 heavy (non-hydrogen) atoms. The first-order chi connectivity index (χ1) is 10.2. The van der Waals surface area contributed by atoms with E-state index in [9.17, 15) is 4.79 Å². The molecule has 5 heteroatoms. The van der Waals surface area contributed by atoms with Gasteiger partial charge >= 0.3 is 0 Å². The number of nitrogens with zero attached hydrogens (tertiary/aromatic N) is 2. The molecular weight excluding hydrogens is 307 g/mol. The van der Waals surface area contributed by atoms with Crippen molar-refractivity contribution in [3.8, 4) is 0 Å². The lowest BCUT2D eigenvalue weighted by atomic mass is 10.1. The molecule has 3 nitrogen and oxygen atoms in total. The van der Waals surface area contributed by atoms with Crippen LogP contribution in [0.15, 0.2) is 53.5 Å². The highest BCUT2D eigenvalue weighted by molar-refractivity contribution is 6.34. The number of amides is 1. The van der Waals surface area contributed by atoms with Gasteiger partial charge in [-0.05, 0) is 24.3 Å². The van der Waals surface area contributed by atoms with Crippen LogP contribution < -0.4 is 0 Å². The molecule has 0 aliphatic carbocycles. The van der Waals surface area contributed by atoms with E-state index in [-0.39, 0.29) is 5.91 Å². The Balaban J connectivity index is 1.94. The second-order valence-corrected chi connectivity index (χ2v) is 5.50. The lowest BCUT2D eigenvalue weighted by molar-refractivity contribution is 0.0858. The van der Waals surface area contributed by atoms with Crippen molar-refractivity contribution < 1.29 is 4.79 Å². The quantitative estimate of drug-likeness (QED) is 0.826. The van der Waals surface area contributed by atoms with Crippen molar-refractivity contribution in [2.45, 2.75) is 0 Å². The van der Waals surface area contributed by atoms with E-state index >= 15 is 0 Å². The van der Waals surface area contributed by atoms with Gasteiger partial charge in [-0.3, -0.25) is 14.7 Å². The van der Waals surface area contributed by atoms with E-state index in [0.717, 1.165) is 5.56 Å². The fourth-order valence-corrected chi connectivity index (χ4v) is 2.71. The zero-order valence-corrected chi connectivity index (χ0v) is 12.6. The molecule has 1 aliphatic rings. The van der Waals surface area contributed by atoms with Gasteiger partial charge in [0.15, 0.2) is 0 Å². The van der Waals surface area contributed by atoms with Gasteiger partial charge in [0.05, 0.1) is 17.1 Å². The maximum absolute atomic E-state index is 12.7. The van der Waals surface area contributed by atoms with Crippen LogP contribution in [-0.2, 0) is 0 Å². The third-order valence-corrected chi connectivity index (χ3v) is 3.84. The molecule has 0 aromatic heterocycles. The van der Waals surface area contributed by atoms with Crippen LogP contribution in [0.25, 0.3) is 0 Å². The molecule has 0 bridgehead atoms. The Morgan fingerprint density at radius 2 is 1.90 bits per heavy atom. The Morgan fingerprint density at radius 1 is 1.10 bits per heavy atom. The first-order valence-electron chi connectivity index (χ1n) is 6.53. The van der Waals surface area contributed by atoms with Crippen LogP contribution in [0.1, 0.15) is 15.9 Å². The molecular formula is C16H12Cl2N2O. The lowest BCUT2D eigenvalue weighted by Gasteiger charge is -2.19. The topological polar surface area (TPSA) is 32.7 Å². The number of aliphatic imine (C=N–C) groups is 1. The summed E-state index contributed by atoms with van der Waals surface area (Å²) >= 11 is 12.1. The van der Waals surface area contributed by atoms with E-state index < -0.39 is 0 Å². The zero-order valence-electron chi connectivity index (χ0n) is 11.1. The largest absolute Gasteiger partial charge is 0.291 e. The molecule has 0 saturated carbocycles. The number of rotatable bonds is 2. The highest BCUT2D eigenvalue weighted by Gasteiger charge is 2.27. The smallest absolute Gasteiger partial charge is 0.261 e. The van der Waals surface area contributed by atoms with Crippen molar-refractivity contribution in [1.29, 1.82) is 0 Å². The predicted molar refractivity (Wildman–Crippen MR) is 85.3 cm³/mol. The number of benzene rings is 2. The van der Waals surface area contributed by atoms with Gasteiger partial charge in [0.1, 0.15) is 5.84 Å². The second-order valence-electron chi connectivity index (χ2n) is 4.65. The molecule has 1 heterocycles. The summed E-state index contributed by atoms with van der Waals surface area (Å²) in [4.78, 5) is 18.7. The van der Waals surface area contributed by atoms with Gasteiger partial charge in [-0.25, -0.2) is 0 Å². The third-order valence-electron chi connectivity index (χ3n) is 3.27. The van der Waals surface area contributed by atoms with Gasteiger partial charge in [0.25, 0.3) is 5.91 Å². The Hall–Kier alpha value is -1.84. The van der Waals surface area contributed by atoms with Crippen molar-refractivity contribution in [3.05, 3.63) is 69.7 Å². The van der Waals surface area contributed by atoms with Crippen LogP contribution in [0.3, 0.4) is 0 Å². The summed E-state index contributed by atoms with van der Waals surface area (Å²) in [6.45, 7) is 1.13. The molecule has 0 N–H and O–H groups in total. The fraction of sp³-hybridized carbons (Fsp3) is 0.125. The van der Waals surface area contributed by atoms with Gasteiger partial charge in [0, 0.05) is 17.1 Å². The molecule has 3 rings (SSSR count). The van der Waals surface area contributed by atoms with Crippen molar-refractivity contribution in [3.63, 3.8) is 0 Å². The summed E-state index contributed by atoms with van der Waals surface area (Å²) in [7, 11) is 0. The van der Waals surface area contributed by atoms with Crippen LogP contribution in [-0.4, -0.2) is 29.7 Å². The van der Waals surface area contributed by atoms with E-state index in [1.54, 1.807) is 41.3 Å². The van der Waals surface area contributed by atoms with Gasteiger partial charge < -0.3 is 0 Å². The molecule has 2 aromatic carbocycles. The van der Waals surface area contributed by atoms with E-state index in [0.29, 0.717) is 34.5 Å². The molecule has 0 fully saturated rings. The number of halogens is 2. The van der Waals surface area contributed by atoms with Crippen molar-refractivity contribution >= 4 is 34.9 Å². The van der Waals surface area contributed by atoms with Crippen LogP contribution in [0.4, 0.5) is 0 Å². The van der Waals surface area contributed by atoms with Crippen LogP contribution in [0.2, 0.25) is 10.0 Å². The minimum atomic E-state index is -0.142. The minimum absolute atomic E-state index is 0.142. The highest BCUT2D eigenvalue weighted by atomic mass is 35.5. The van der Waals surface area contributed by atoms with Gasteiger partial charge in [-0.15, -0.1) is 0 Å². The van der Waals surface area contributed by atoms with E-state index in [1.807, 2.05) is 12.1 Å². The monoisotopic (exact) mass is 318 g/mol. The molecule has 0 spiro atoms. The van der Waals surface area contributed by atoms with Crippen molar-refractivity contribution in [2.75, 3.05) is 13.1 Å². The average molecular weight is 319 g/mol. The number of hydrogen-bond donors (Lipinski definition) is 0. The van der Waals surface area contributed by atoms with Crippen LogP contribution in [0, 0.1) is 0 Å². The average Bonchev–Trinajstić information content (AvgIpc) is 2.96. The summed E-state index contributed by atoms with van der Waals surface area (Å²) in [6, 6.07) is 14.4. The first kappa shape index (κ1) is 14.1. The predicted octanol–water partition coefficient (Wildman–Crippen LogP) is 3.90. The van der Waals surface area contributed by atoms with Crippen LogP contribution in [0.5, 0.6) is 0 Å². The Morgan fingerprint density at radius 3 is 2.67 bits per heavy atom.